The molecule has 0 heterocycles. The molecule has 12 heavy (non-hydrogen) atoms. The second-order valence-corrected chi connectivity index (χ2v) is 4.09. The fourth-order valence-corrected chi connectivity index (χ4v) is 2.21. The first-order valence-corrected chi connectivity index (χ1v) is 4.58. The van der Waals surface area contributed by atoms with Crippen LogP contribution in [0.2, 0.25) is 0 Å². The highest BCUT2D eigenvalue weighted by Crippen LogP contribution is 2.41. The highest BCUT2D eigenvalue weighted by molar-refractivity contribution is 4.91. The lowest BCUT2D eigenvalue weighted by molar-refractivity contribution is -0.109. The van der Waals surface area contributed by atoms with Gasteiger partial charge in [0.25, 0.3) is 5.92 Å². The van der Waals surface area contributed by atoms with Crippen LogP contribution in [0, 0.1) is 11.8 Å². The van der Waals surface area contributed by atoms with Gasteiger partial charge in [-0.05, 0) is 18.8 Å². The molecule has 0 radical (unpaired) electrons. The molecule has 3 heteroatoms. The lowest BCUT2D eigenvalue weighted by Crippen LogP contribution is -2.48. The lowest BCUT2D eigenvalue weighted by Gasteiger charge is -2.38. The molecule has 0 aromatic rings. The van der Waals surface area contributed by atoms with Crippen LogP contribution in [0.5, 0.6) is 0 Å². The first-order chi connectivity index (χ1) is 5.45. The number of halogens is 2. The second-order valence-electron chi connectivity index (χ2n) is 4.09. The molecule has 0 aromatic carbocycles. The van der Waals surface area contributed by atoms with E-state index < -0.39 is 11.8 Å². The second kappa shape index (κ2) is 3.29. The van der Waals surface area contributed by atoms with Crippen LogP contribution in [0.15, 0.2) is 0 Å². The van der Waals surface area contributed by atoms with Crippen molar-refractivity contribution in [1.82, 2.24) is 0 Å². The molecule has 1 fully saturated rings. The summed E-state index contributed by atoms with van der Waals surface area (Å²) in [6.07, 6.45) is 1.33. The maximum Gasteiger partial charge on any atom is 0.252 e. The van der Waals surface area contributed by atoms with Gasteiger partial charge in [0.2, 0.25) is 0 Å². The van der Waals surface area contributed by atoms with E-state index in [2.05, 4.69) is 0 Å². The number of nitrogens with two attached hydrogens (primary N) is 1. The van der Waals surface area contributed by atoms with Crippen LogP contribution in [0.3, 0.4) is 0 Å². The molecule has 1 aliphatic carbocycles. The van der Waals surface area contributed by atoms with Gasteiger partial charge in [-0.2, -0.15) is 0 Å². The first-order valence-electron chi connectivity index (χ1n) is 4.58. The van der Waals surface area contributed by atoms with Gasteiger partial charge >= 0.3 is 0 Å². The van der Waals surface area contributed by atoms with Gasteiger partial charge in [-0.25, -0.2) is 8.78 Å². The van der Waals surface area contributed by atoms with Crippen molar-refractivity contribution in [2.24, 2.45) is 17.6 Å². The van der Waals surface area contributed by atoms with Crippen LogP contribution >= 0.6 is 0 Å². The Balaban J connectivity index is 2.74. The normalized spacial score (nSPS) is 35.5. The largest absolute Gasteiger partial charge is 0.327 e. The molecule has 1 aliphatic rings. The highest BCUT2D eigenvalue weighted by atomic mass is 19.3. The maximum absolute atomic E-state index is 13.3. The molecule has 2 atom stereocenters. The van der Waals surface area contributed by atoms with Gasteiger partial charge in [0.1, 0.15) is 0 Å². The molecule has 0 spiro atoms. The van der Waals surface area contributed by atoms with Crippen LogP contribution in [-0.2, 0) is 0 Å². The van der Waals surface area contributed by atoms with E-state index in [0.717, 1.165) is 6.42 Å². The summed E-state index contributed by atoms with van der Waals surface area (Å²) < 4.78 is 26.6. The van der Waals surface area contributed by atoms with Crippen LogP contribution in [-0.4, -0.2) is 12.0 Å². The molecule has 0 aliphatic heterocycles. The van der Waals surface area contributed by atoms with E-state index in [1.807, 2.05) is 13.8 Å². The number of rotatable bonds is 1. The molecular weight excluding hydrogens is 160 g/mol. The molecule has 2 N–H and O–H groups in total. The zero-order valence-corrected chi connectivity index (χ0v) is 7.69. The topological polar surface area (TPSA) is 26.0 Å². The summed E-state index contributed by atoms with van der Waals surface area (Å²) in [5.74, 6) is -3.17. The van der Waals surface area contributed by atoms with E-state index in [9.17, 15) is 8.78 Å². The SMILES string of the molecule is CC(C)[C@H]1[C@@H](N)CCCC1(F)F. The van der Waals surface area contributed by atoms with Crippen molar-refractivity contribution < 1.29 is 8.78 Å². The monoisotopic (exact) mass is 177 g/mol. The van der Waals surface area contributed by atoms with Gasteiger partial charge in [-0.3, -0.25) is 0 Å². The maximum atomic E-state index is 13.3. The van der Waals surface area contributed by atoms with Crippen molar-refractivity contribution in [2.45, 2.75) is 45.1 Å². The fourth-order valence-electron chi connectivity index (χ4n) is 2.21. The van der Waals surface area contributed by atoms with E-state index in [-0.39, 0.29) is 18.4 Å². The standard InChI is InChI=1S/C9H17F2N/c1-6(2)8-7(12)4-3-5-9(8,10)11/h6-8H,3-5,12H2,1-2H3/t7-,8-/m0/s1. The number of hydrogen-bond donors (Lipinski definition) is 1. The van der Waals surface area contributed by atoms with Crippen molar-refractivity contribution in [1.29, 1.82) is 0 Å². The Bertz CT molecular complexity index is 157. The molecule has 1 rings (SSSR count). The predicted octanol–water partition coefficient (Wildman–Crippen LogP) is 2.41. The zero-order chi connectivity index (χ0) is 9.35. The van der Waals surface area contributed by atoms with Gasteiger partial charge in [-0.1, -0.05) is 13.8 Å². The summed E-state index contributed by atoms with van der Waals surface area (Å²) in [6, 6.07) is -0.311. The minimum absolute atomic E-state index is 0.0174. The average Bonchev–Trinajstić information content (AvgIpc) is 1.82. The summed E-state index contributed by atoms with van der Waals surface area (Å²) >= 11 is 0. The molecule has 0 bridgehead atoms. The summed E-state index contributed by atoms with van der Waals surface area (Å²) in [4.78, 5) is 0. The van der Waals surface area contributed by atoms with E-state index in [1.165, 1.54) is 0 Å². The Morgan fingerprint density at radius 2 is 2.00 bits per heavy atom. The zero-order valence-electron chi connectivity index (χ0n) is 7.69. The fraction of sp³-hybridized carbons (Fsp3) is 1.00. The smallest absolute Gasteiger partial charge is 0.252 e. The van der Waals surface area contributed by atoms with Crippen LogP contribution < -0.4 is 5.73 Å². The molecule has 0 amide bonds. The predicted molar refractivity (Wildman–Crippen MR) is 45.1 cm³/mol. The quantitative estimate of drug-likeness (QED) is 0.654. The van der Waals surface area contributed by atoms with Gasteiger partial charge in [0.05, 0.1) is 0 Å². The average molecular weight is 177 g/mol. The summed E-state index contributed by atoms with van der Waals surface area (Å²) in [5, 5.41) is 0. The van der Waals surface area contributed by atoms with Crippen LogP contribution in [0.4, 0.5) is 8.78 Å². The van der Waals surface area contributed by atoms with Gasteiger partial charge in [0, 0.05) is 18.4 Å². The van der Waals surface area contributed by atoms with E-state index >= 15 is 0 Å². The third-order valence-corrected chi connectivity index (χ3v) is 2.71. The molecule has 1 nitrogen and oxygen atoms in total. The molecule has 1 saturated carbocycles. The highest BCUT2D eigenvalue weighted by Gasteiger charge is 2.46. The molecule has 0 aromatic heterocycles. The Morgan fingerprint density at radius 1 is 1.42 bits per heavy atom. The van der Waals surface area contributed by atoms with Gasteiger partial charge in [0.15, 0.2) is 0 Å². The summed E-state index contributed by atoms with van der Waals surface area (Å²) in [6.45, 7) is 3.65. The molecular formula is C9H17F2N. The van der Waals surface area contributed by atoms with Crippen molar-refractivity contribution in [3.05, 3.63) is 0 Å². The number of hydrogen-bond acceptors (Lipinski definition) is 1. The number of alkyl halides is 2. The van der Waals surface area contributed by atoms with Gasteiger partial charge < -0.3 is 5.73 Å². The Morgan fingerprint density at radius 3 is 2.33 bits per heavy atom. The van der Waals surface area contributed by atoms with E-state index in [1.54, 1.807) is 0 Å². The Hall–Kier alpha value is -0.180. The minimum Gasteiger partial charge on any atom is -0.327 e. The molecule has 72 valence electrons. The third-order valence-electron chi connectivity index (χ3n) is 2.71. The van der Waals surface area contributed by atoms with Crippen molar-refractivity contribution in [3.63, 3.8) is 0 Å². The lowest BCUT2D eigenvalue weighted by atomic mass is 9.75. The third kappa shape index (κ3) is 1.76. The molecule has 0 saturated heterocycles. The molecule has 0 unspecified atom stereocenters. The van der Waals surface area contributed by atoms with Crippen LogP contribution in [0.1, 0.15) is 33.1 Å². The minimum atomic E-state index is -2.54. The van der Waals surface area contributed by atoms with Gasteiger partial charge in [-0.15, -0.1) is 0 Å². The van der Waals surface area contributed by atoms with Crippen molar-refractivity contribution in [3.8, 4) is 0 Å². The van der Waals surface area contributed by atoms with Crippen molar-refractivity contribution >= 4 is 0 Å². The Labute approximate surface area is 72.3 Å². The first kappa shape index (κ1) is 9.90. The Kier molecular flexibility index (Phi) is 2.71. The van der Waals surface area contributed by atoms with Crippen molar-refractivity contribution in [2.75, 3.05) is 0 Å². The van der Waals surface area contributed by atoms with E-state index in [0.29, 0.717) is 6.42 Å². The summed E-state index contributed by atoms with van der Waals surface area (Å²) in [7, 11) is 0. The van der Waals surface area contributed by atoms with Crippen LogP contribution in [0.25, 0.3) is 0 Å². The van der Waals surface area contributed by atoms with E-state index in [4.69, 9.17) is 5.73 Å². The summed E-state index contributed by atoms with van der Waals surface area (Å²) in [5.41, 5.74) is 5.68.